The Balaban J connectivity index is 1.84. The number of hydrogen-bond acceptors (Lipinski definition) is 6. The van der Waals surface area contributed by atoms with Gasteiger partial charge < -0.3 is 9.92 Å². The summed E-state index contributed by atoms with van der Waals surface area (Å²) < 4.78 is 58.3. The summed E-state index contributed by atoms with van der Waals surface area (Å²) in [5.74, 6) is -0.0259. The molecule has 0 radical (unpaired) electrons. The Morgan fingerprint density at radius 3 is 1.80 bits per heavy atom. The SMILES string of the molecule is Cc1ccc(S(=O)(=O)Oc2cccc3c(N(C(N)=O)S(=O)(=O)c4ccc(C)cc4)cccc23)cc1. The Morgan fingerprint density at radius 2 is 1.23 bits per heavy atom. The topological polar surface area (TPSA) is 124 Å². The molecular formula is C25H22N2O6S2. The van der Waals surface area contributed by atoms with E-state index in [-0.39, 0.29) is 32.0 Å². The van der Waals surface area contributed by atoms with Gasteiger partial charge in [-0.15, -0.1) is 0 Å². The Bertz CT molecular complexity index is 1630. The maximum atomic E-state index is 13.4. The Hall–Kier alpha value is -3.89. The second-order valence-corrected chi connectivity index (χ2v) is 11.2. The highest BCUT2D eigenvalue weighted by Gasteiger charge is 2.31. The average molecular weight is 511 g/mol. The van der Waals surface area contributed by atoms with Crippen molar-refractivity contribution in [1.29, 1.82) is 0 Å². The molecule has 2 N–H and O–H groups in total. The molecule has 4 aromatic rings. The fourth-order valence-corrected chi connectivity index (χ4v) is 5.86. The number of rotatable bonds is 6. The van der Waals surface area contributed by atoms with E-state index in [4.69, 9.17) is 9.92 Å². The van der Waals surface area contributed by atoms with Gasteiger partial charge >= 0.3 is 16.1 Å². The zero-order valence-corrected chi connectivity index (χ0v) is 20.5. The molecule has 0 spiro atoms. The molecule has 0 aromatic heterocycles. The smallest absolute Gasteiger partial charge is 0.339 e. The van der Waals surface area contributed by atoms with E-state index in [1.54, 1.807) is 43.3 Å². The molecule has 4 rings (SSSR count). The molecule has 0 heterocycles. The van der Waals surface area contributed by atoms with E-state index >= 15 is 0 Å². The van der Waals surface area contributed by atoms with Crippen molar-refractivity contribution >= 4 is 42.6 Å². The van der Waals surface area contributed by atoms with Gasteiger partial charge in [0.25, 0.3) is 10.0 Å². The maximum Gasteiger partial charge on any atom is 0.339 e. The van der Waals surface area contributed by atoms with Crippen LogP contribution in [-0.4, -0.2) is 22.9 Å². The van der Waals surface area contributed by atoms with Gasteiger partial charge in [0.15, 0.2) is 5.75 Å². The first kappa shape index (κ1) is 24.2. The number of nitrogens with zero attached hydrogens (tertiary/aromatic N) is 1. The number of primary amides is 1. The third-order valence-electron chi connectivity index (χ3n) is 5.35. The lowest BCUT2D eigenvalue weighted by atomic mass is 10.1. The number of nitrogens with two attached hydrogens (primary N) is 1. The largest absolute Gasteiger partial charge is 0.378 e. The van der Waals surface area contributed by atoms with Crippen LogP contribution in [0.15, 0.2) is 94.7 Å². The molecule has 0 atom stereocenters. The van der Waals surface area contributed by atoms with Crippen molar-refractivity contribution < 1.29 is 25.8 Å². The van der Waals surface area contributed by atoms with Crippen molar-refractivity contribution in [2.45, 2.75) is 23.6 Å². The Morgan fingerprint density at radius 1 is 0.714 bits per heavy atom. The van der Waals surface area contributed by atoms with Gasteiger partial charge in [-0.05, 0) is 50.2 Å². The quantitative estimate of drug-likeness (QED) is 0.381. The zero-order valence-electron chi connectivity index (χ0n) is 18.9. The number of sulfonamides is 1. The summed E-state index contributed by atoms with van der Waals surface area (Å²) >= 11 is 0. The number of urea groups is 1. The highest BCUT2D eigenvalue weighted by atomic mass is 32.2. The van der Waals surface area contributed by atoms with E-state index in [1.807, 2.05) is 6.92 Å². The predicted molar refractivity (Wildman–Crippen MR) is 133 cm³/mol. The third-order valence-corrected chi connectivity index (χ3v) is 8.32. The first-order valence-electron chi connectivity index (χ1n) is 10.4. The van der Waals surface area contributed by atoms with Crippen molar-refractivity contribution in [2.75, 3.05) is 4.31 Å². The van der Waals surface area contributed by atoms with Crippen molar-refractivity contribution in [2.24, 2.45) is 5.73 Å². The van der Waals surface area contributed by atoms with E-state index in [0.717, 1.165) is 11.1 Å². The minimum absolute atomic E-state index is 0.0259. The van der Waals surface area contributed by atoms with Crippen LogP contribution in [0.2, 0.25) is 0 Å². The summed E-state index contributed by atoms with van der Waals surface area (Å²) in [7, 11) is -8.53. The molecule has 0 bridgehead atoms. The lowest BCUT2D eigenvalue weighted by Gasteiger charge is -2.22. The number of fused-ring (bicyclic) bond motifs is 1. The molecule has 0 aliphatic rings. The molecule has 4 aromatic carbocycles. The van der Waals surface area contributed by atoms with Crippen LogP contribution in [-0.2, 0) is 20.1 Å². The standard InChI is InChI=1S/C25H22N2O6S2/c1-17-9-13-19(14-10-17)34(29,30)27(25(26)28)23-7-3-6-22-21(23)5-4-8-24(22)33-35(31,32)20-15-11-18(2)12-16-20/h3-16H,1-2H3,(H2,26,28). The third kappa shape index (κ3) is 4.71. The second-order valence-electron chi connectivity index (χ2n) is 7.90. The number of carbonyl (C=O) groups is 1. The molecule has 180 valence electrons. The molecule has 0 saturated heterocycles. The summed E-state index contributed by atoms with van der Waals surface area (Å²) in [5, 5.41) is 0.546. The normalized spacial score (nSPS) is 11.8. The summed E-state index contributed by atoms with van der Waals surface area (Å²) in [6, 6.07) is 19.9. The van der Waals surface area contributed by atoms with Gasteiger partial charge in [-0.25, -0.2) is 13.2 Å². The molecule has 0 unspecified atom stereocenters. The zero-order chi connectivity index (χ0) is 25.4. The molecule has 8 nitrogen and oxygen atoms in total. The van der Waals surface area contributed by atoms with Gasteiger partial charge in [0.2, 0.25) is 0 Å². The van der Waals surface area contributed by atoms with E-state index in [9.17, 15) is 21.6 Å². The van der Waals surface area contributed by atoms with Crippen LogP contribution >= 0.6 is 0 Å². The highest BCUT2D eigenvalue weighted by Crippen LogP contribution is 2.36. The number of hydrogen-bond donors (Lipinski definition) is 1. The van der Waals surface area contributed by atoms with Crippen molar-refractivity contribution in [3.8, 4) is 5.75 Å². The molecule has 0 aliphatic carbocycles. The number of amides is 2. The van der Waals surface area contributed by atoms with Gasteiger partial charge in [0.05, 0.1) is 10.6 Å². The van der Waals surface area contributed by atoms with Crippen molar-refractivity contribution in [3.63, 3.8) is 0 Å². The maximum absolute atomic E-state index is 13.4. The van der Waals surface area contributed by atoms with Crippen LogP contribution in [0, 0.1) is 13.8 Å². The minimum Gasteiger partial charge on any atom is -0.378 e. The number of benzene rings is 4. The number of anilines is 1. The van der Waals surface area contributed by atoms with Gasteiger partial charge in [-0.1, -0.05) is 59.7 Å². The Labute approximate surface area is 203 Å². The van der Waals surface area contributed by atoms with E-state index < -0.39 is 26.2 Å². The lowest BCUT2D eigenvalue weighted by Crippen LogP contribution is -2.40. The summed E-state index contributed by atoms with van der Waals surface area (Å²) in [6.07, 6.45) is 0. The molecule has 0 aliphatic heterocycles. The van der Waals surface area contributed by atoms with Crippen LogP contribution in [0.4, 0.5) is 10.5 Å². The van der Waals surface area contributed by atoms with Gasteiger partial charge in [-0.2, -0.15) is 12.7 Å². The average Bonchev–Trinajstić information content (AvgIpc) is 2.80. The molecule has 35 heavy (non-hydrogen) atoms. The van der Waals surface area contributed by atoms with Crippen LogP contribution in [0.25, 0.3) is 10.8 Å². The highest BCUT2D eigenvalue weighted by molar-refractivity contribution is 7.93. The first-order valence-corrected chi connectivity index (χ1v) is 13.3. The van der Waals surface area contributed by atoms with Crippen LogP contribution in [0.3, 0.4) is 0 Å². The van der Waals surface area contributed by atoms with Crippen LogP contribution in [0.5, 0.6) is 5.75 Å². The fourth-order valence-electron chi connectivity index (χ4n) is 3.57. The molecule has 2 amide bonds. The summed E-state index contributed by atoms with van der Waals surface area (Å²) in [6.45, 7) is 3.64. The molecule has 0 saturated carbocycles. The van der Waals surface area contributed by atoms with E-state index in [0.29, 0.717) is 4.31 Å². The Kier molecular flexibility index (Phi) is 6.27. The monoisotopic (exact) mass is 510 g/mol. The minimum atomic E-state index is -4.36. The van der Waals surface area contributed by atoms with Crippen LogP contribution < -0.4 is 14.2 Å². The summed E-state index contributed by atoms with van der Waals surface area (Å²) in [5.41, 5.74) is 7.22. The van der Waals surface area contributed by atoms with Gasteiger partial charge in [0, 0.05) is 10.8 Å². The number of carbonyl (C=O) groups excluding carboxylic acids is 1. The first-order chi connectivity index (χ1) is 16.5. The van der Waals surface area contributed by atoms with Crippen molar-refractivity contribution in [3.05, 3.63) is 96.1 Å². The molecular weight excluding hydrogens is 488 g/mol. The van der Waals surface area contributed by atoms with Gasteiger partial charge in [0.1, 0.15) is 4.90 Å². The number of aryl methyl sites for hydroxylation is 2. The summed E-state index contributed by atoms with van der Waals surface area (Å²) in [4.78, 5) is 12.3. The molecule has 10 heteroatoms. The van der Waals surface area contributed by atoms with Gasteiger partial charge in [-0.3, -0.25) is 0 Å². The predicted octanol–water partition coefficient (Wildman–Crippen LogP) is 4.50. The second kappa shape index (κ2) is 9.05. The lowest BCUT2D eigenvalue weighted by molar-refractivity contribution is 0.257. The van der Waals surface area contributed by atoms with Crippen LogP contribution in [0.1, 0.15) is 11.1 Å². The fraction of sp³-hybridized carbons (Fsp3) is 0.0800. The molecule has 0 fully saturated rings. The van der Waals surface area contributed by atoms with Crippen molar-refractivity contribution in [1.82, 2.24) is 0 Å². The van der Waals surface area contributed by atoms with E-state index in [2.05, 4.69) is 0 Å². The van der Waals surface area contributed by atoms with E-state index in [1.165, 1.54) is 48.5 Å².